The van der Waals surface area contributed by atoms with Crippen molar-refractivity contribution in [2.75, 3.05) is 19.6 Å². The number of halogens is 1. The molecule has 0 radical (unpaired) electrons. The topological polar surface area (TPSA) is 72.9 Å². The molecule has 0 aromatic heterocycles. The third kappa shape index (κ3) is 4.76. The number of amides is 2. The van der Waals surface area contributed by atoms with Crippen LogP contribution in [0.25, 0.3) is 0 Å². The Balaban J connectivity index is 0.00000272. The van der Waals surface area contributed by atoms with Crippen LogP contribution < -0.4 is 5.32 Å². The highest BCUT2D eigenvalue weighted by atomic mass is 35.5. The number of benzene rings is 1. The van der Waals surface area contributed by atoms with Gasteiger partial charge in [-0.05, 0) is 44.1 Å². The van der Waals surface area contributed by atoms with Gasteiger partial charge >= 0.3 is 0 Å². The molecule has 31 heavy (non-hydrogen) atoms. The standard InChI is InChI=1S/C24H35N3O3.ClH/c1-2-27-22(29)20(21(28)19-11-7-4-8-12-19)25-23(30)24(27)13-15-26(16-14-24)17-18-9-5-3-6-10-18;/h3,5-6,9-10,19-21,28H,2,4,7-8,11-17H2,1H3,(H,25,30);1H/t20-,21-;/m1./s1. The van der Waals surface area contributed by atoms with Gasteiger partial charge in [-0.25, -0.2) is 0 Å². The molecule has 7 heteroatoms. The van der Waals surface area contributed by atoms with Gasteiger partial charge in [0.05, 0.1) is 6.10 Å². The van der Waals surface area contributed by atoms with Crippen LogP contribution in [0, 0.1) is 5.92 Å². The number of piperidine rings is 1. The first-order valence-electron chi connectivity index (χ1n) is 11.6. The Hall–Kier alpha value is -1.63. The zero-order valence-electron chi connectivity index (χ0n) is 18.5. The molecular formula is C24H36ClN3O3. The summed E-state index contributed by atoms with van der Waals surface area (Å²) < 4.78 is 0. The fourth-order valence-corrected chi connectivity index (χ4v) is 5.70. The average molecular weight is 450 g/mol. The fourth-order valence-electron chi connectivity index (χ4n) is 5.70. The molecule has 1 spiro atoms. The van der Waals surface area contributed by atoms with Crippen molar-refractivity contribution in [3.63, 3.8) is 0 Å². The van der Waals surface area contributed by atoms with Gasteiger partial charge in [-0.3, -0.25) is 14.5 Å². The van der Waals surface area contributed by atoms with Crippen molar-refractivity contribution in [3.8, 4) is 0 Å². The minimum Gasteiger partial charge on any atom is -0.390 e. The minimum absolute atomic E-state index is 0. The molecule has 4 rings (SSSR count). The largest absolute Gasteiger partial charge is 0.390 e. The van der Waals surface area contributed by atoms with Crippen LogP contribution in [-0.2, 0) is 16.1 Å². The number of likely N-dealkylation sites (tertiary alicyclic amines) is 1. The maximum atomic E-state index is 13.4. The van der Waals surface area contributed by atoms with Gasteiger partial charge in [-0.1, -0.05) is 49.6 Å². The lowest BCUT2D eigenvalue weighted by molar-refractivity contribution is -0.165. The molecular weight excluding hydrogens is 414 g/mol. The van der Waals surface area contributed by atoms with E-state index in [0.29, 0.717) is 19.4 Å². The first-order valence-corrected chi connectivity index (χ1v) is 11.6. The van der Waals surface area contributed by atoms with E-state index in [1.165, 1.54) is 12.0 Å². The fraction of sp³-hybridized carbons (Fsp3) is 0.667. The smallest absolute Gasteiger partial charge is 0.248 e. The third-order valence-corrected chi connectivity index (χ3v) is 7.48. The second-order valence-corrected chi connectivity index (χ2v) is 9.22. The van der Waals surface area contributed by atoms with Crippen molar-refractivity contribution in [1.82, 2.24) is 15.1 Å². The van der Waals surface area contributed by atoms with Crippen molar-refractivity contribution in [2.24, 2.45) is 5.92 Å². The maximum absolute atomic E-state index is 13.4. The van der Waals surface area contributed by atoms with E-state index in [2.05, 4.69) is 22.3 Å². The number of aliphatic hydroxyl groups is 1. The molecule has 1 saturated carbocycles. The molecule has 2 saturated heterocycles. The van der Waals surface area contributed by atoms with E-state index in [1.54, 1.807) is 4.90 Å². The number of carbonyl (C=O) groups is 2. The van der Waals surface area contributed by atoms with Gasteiger partial charge in [-0.2, -0.15) is 0 Å². The number of aliphatic hydroxyl groups excluding tert-OH is 1. The number of nitrogens with zero attached hydrogens (tertiary/aromatic N) is 2. The van der Waals surface area contributed by atoms with Crippen LogP contribution in [0.3, 0.4) is 0 Å². The van der Waals surface area contributed by atoms with E-state index >= 15 is 0 Å². The second kappa shape index (κ2) is 10.3. The molecule has 2 amide bonds. The molecule has 3 fully saturated rings. The Morgan fingerprint density at radius 3 is 2.35 bits per heavy atom. The number of nitrogens with one attached hydrogen (secondary N) is 1. The molecule has 2 aliphatic heterocycles. The Morgan fingerprint density at radius 2 is 1.74 bits per heavy atom. The van der Waals surface area contributed by atoms with E-state index < -0.39 is 17.7 Å². The average Bonchev–Trinajstić information content (AvgIpc) is 2.79. The summed E-state index contributed by atoms with van der Waals surface area (Å²) in [6.07, 6.45) is 5.74. The first-order chi connectivity index (χ1) is 14.5. The number of rotatable bonds is 5. The Morgan fingerprint density at radius 1 is 1.10 bits per heavy atom. The van der Waals surface area contributed by atoms with Crippen LogP contribution in [-0.4, -0.2) is 64.0 Å². The molecule has 2 heterocycles. The van der Waals surface area contributed by atoms with E-state index in [-0.39, 0.29) is 30.1 Å². The van der Waals surface area contributed by atoms with Gasteiger partial charge < -0.3 is 15.3 Å². The van der Waals surface area contributed by atoms with Crippen molar-refractivity contribution in [3.05, 3.63) is 35.9 Å². The van der Waals surface area contributed by atoms with Gasteiger partial charge in [0.1, 0.15) is 11.6 Å². The predicted octanol–water partition coefficient (Wildman–Crippen LogP) is 2.73. The zero-order valence-corrected chi connectivity index (χ0v) is 19.3. The highest BCUT2D eigenvalue weighted by Gasteiger charge is 2.54. The van der Waals surface area contributed by atoms with Crippen LogP contribution in [0.1, 0.15) is 57.4 Å². The summed E-state index contributed by atoms with van der Waals surface area (Å²) in [4.78, 5) is 30.8. The quantitative estimate of drug-likeness (QED) is 0.725. The molecule has 172 valence electrons. The molecule has 6 nitrogen and oxygen atoms in total. The van der Waals surface area contributed by atoms with E-state index in [0.717, 1.165) is 45.3 Å². The Kier molecular flexibility index (Phi) is 8.00. The van der Waals surface area contributed by atoms with Crippen molar-refractivity contribution in [1.29, 1.82) is 0 Å². The molecule has 2 atom stereocenters. The number of likely N-dealkylation sites (N-methyl/N-ethyl adjacent to an activating group) is 1. The van der Waals surface area contributed by atoms with Gasteiger partial charge in [0.2, 0.25) is 11.8 Å². The summed E-state index contributed by atoms with van der Waals surface area (Å²) in [7, 11) is 0. The van der Waals surface area contributed by atoms with Crippen LogP contribution >= 0.6 is 12.4 Å². The summed E-state index contributed by atoms with van der Waals surface area (Å²) in [6, 6.07) is 9.56. The van der Waals surface area contributed by atoms with E-state index in [1.807, 2.05) is 25.1 Å². The second-order valence-electron chi connectivity index (χ2n) is 9.22. The van der Waals surface area contributed by atoms with Crippen molar-refractivity contribution in [2.45, 2.75) is 76.1 Å². The number of hydrogen-bond acceptors (Lipinski definition) is 4. The monoisotopic (exact) mass is 449 g/mol. The van der Waals surface area contributed by atoms with Crippen molar-refractivity contribution < 1.29 is 14.7 Å². The lowest BCUT2D eigenvalue weighted by Gasteiger charge is -2.52. The van der Waals surface area contributed by atoms with Gasteiger partial charge in [-0.15, -0.1) is 12.4 Å². The number of hydrogen-bond donors (Lipinski definition) is 2. The summed E-state index contributed by atoms with van der Waals surface area (Å²) in [6.45, 7) is 4.86. The van der Waals surface area contributed by atoms with E-state index in [4.69, 9.17) is 0 Å². The lowest BCUT2D eigenvalue weighted by atomic mass is 9.78. The molecule has 1 aliphatic carbocycles. The van der Waals surface area contributed by atoms with Crippen LogP contribution in [0.2, 0.25) is 0 Å². The van der Waals surface area contributed by atoms with Crippen LogP contribution in [0.15, 0.2) is 30.3 Å². The maximum Gasteiger partial charge on any atom is 0.248 e. The SMILES string of the molecule is CCN1C(=O)[C@@H]([C@H](O)C2CCCCC2)NC(=O)C12CCN(Cc1ccccc1)CC2.Cl. The predicted molar refractivity (Wildman–Crippen MR) is 123 cm³/mol. The Bertz CT molecular complexity index is 746. The summed E-state index contributed by atoms with van der Waals surface area (Å²) in [5.41, 5.74) is 0.488. The third-order valence-electron chi connectivity index (χ3n) is 7.48. The molecule has 3 aliphatic rings. The van der Waals surface area contributed by atoms with Gasteiger partial charge in [0.15, 0.2) is 0 Å². The van der Waals surface area contributed by atoms with Gasteiger partial charge in [0, 0.05) is 26.2 Å². The summed E-state index contributed by atoms with van der Waals surface area (Å²) in [5, 5.41) is 13.9. The molecule has 0 bridgehead atoms. The minimum atomic E-state index is -0.798. The number of piperazine rings is 1. The Labute approximate surface area is 191 Å². The highest BCUT2D eigenvalue weighted by molar-refractivity contribution is 6.00. The van der Waals surface area contributed by atoms with Crippen LogP contribution in [0.5, 0.6) is 0 Å². The molecule has 0 unspecified atom stereocenters. The van der Waals surface area contributed by atoms with Gasteiger partial charge in [0.25, 0.3) is 0 Å². The summed E-state index contributed by atoms with van der Waals surface area (Å²) >= 11 is 0. The van der Waals surface area contributed by atoms with Crippen LogP contribution in [0.4, 0.5) is 0 Å². The van der Waals surface area contributed by atoms with Crippen molar-refractivity contribution >= 4 is 24.2 Å². The molecule has 2 N–H and O–H groups in total. The number of carbonyl (C=O) groups excluding carboxylic acids is 2. The first kappa shape index (κ1) is 24.0. The molecule has 1 aromatic carbocycles. The molecule has 1 aromatic rings. The zero-order chi connectivity index (χ0) is 21.1. The normalized spacial score (nSPS) is 25.7. The van der Waals surface area contributed by atoms with E-state index in [9.17, 15) is 14.7 Å². The highest BCUT2D eigenvalue weighted by Crippen LogP contribution is 2.36. The lowest BCUT2D eigenvalue weighted by Crippen LogP contribution is -2.74. The summed E-state index contributed by atoms with van der Waals surface area (Å²) in [5.74, 6) is -0.0803.